The van der Waals surface area contributed by atoms with E-state index in [-0.39, 0.29) is 17.5 Å². The molecule has 0 saturated carbocycles. The van der Waals surface area contributed by atoms with Gasteiger partial charge in [0, 0.05) is 24.9 Å². The second-order valence-electron chi connectivity index (χ2n) is 3.65. The lowest BCUT2D eigenvalue weighted by atomic mass is 10.1. The van der Waals surface area contributed by atoms with Crippen LogP contribution in [-0.2, 0) is 0 Å². The third-order valence-corrected chi connectivity index (χ3v) is 3.08. The maximum Gasteiger partial charge on any atom is 0.441 e. The van der Waals surface area contributed by atoms with E-state index < -0.39 is 5.51 Å². The van der Waals surface area contributed by atoms with Gasteiger partial charge < -0.3 is 10.6 Å². The van der Waals surface area contributed by atoms with E-state index in [9.17, 15) is 13.2 Å². The smallest absolute Gasteiger partial charge is 0.314 e. The Morgan fingerprint density at radius 3 is 2.73 bits per heavy atom. The molecule has 2 N–H and O–H groups in total. The molecule has 1 saturated heterocycles. The van der Waals surface area contributed by atoms with Crippen LogP contribution in [0.1, 0.15) is 19.3 Å². The van der Waals surface area contributed by atoms with E-state index in [1.807, 2.05) is 0 Å². The Bertz CT molecular complexity index is 169. The molecule has 2 nitrogen and oxygen atoms in total. The van der Waals surface area contributed by atoms with Crippen molar-refractivity contribution >= 4 is 11.8 Å². The Morgan fingerprint density at radius 2 is 2.13 bits per heavy atom. The molecule has 0 radical (unpaired) electrons. The summed E-state index contributed by atoms with van der Waals surface area (Å²) in [4.78, 5) is 0. The van der Waals surface area contributed by atoms with Crippen molar-refractivity contribution in [1.29, 1.82) is 0 Å². The molecule has 0 spiro atoms. The maximum atomic E-state index is 11.8. The maximum absolute atomic E-state index is 11.8. The largest absolute Gasteiger partial charge is 0.441 e. The third-order valence-electron chi connectivity index (χ3n) is 2.35. The van der Waals surface area contributed by atoms with Crippen molar-refractivity contribution in [3.8, 4) is 0 Å². The average Bonchev–Trinajstić information content (AvgIpc) is 2.17. The summed E-state index contributed by atoms with van der Waals surface area (Å²) in [5.41, 5.74) is -4.09. The second-order valence-corrected chi connectivity index (χ2v) is 4.80. The van der Waals surface area contributed by atoms with Gasteiger partial charge >= 0.3 is 5.51 Å². The highest BCUT2D eigenvalue weighted by Crippen LogP contribution is 2.29. The number of alkyl halides is 3. The lowest BCUT2D eigenvalue weighted by Gasteiger charge is -2.23. The van der Waals surface area contributed by atoms with E-state index in [0.29, 0.717) is 12.6 Å². The number of thioether (sulfide) groups is 1. The van der Waals surface area contributed by atoms with Crippen molar-refractivity contribution in [2.75, 3.05) is 25.4 Å². The molecule has 1 rings (SSSR count). The zero-order valence-electron chi connectivity index (χ0n) is 8.57. The molecular weight excluding hydrogens is 225 g/mol. The zero-order chi connectivity index (χ0) is 11.1. The van der Waals surface area contributed by atoms with Crippen molar-refractivity contribution < 1.29 is 13.2 Å². The molecule has 0 aliphatic carbocycles. The molecule has 1 unspecified atom stereocenters. The fourth-order valence-electron chi connectivity index (χ4n) is 1.61. The van der Waals surface area contributed by atoms with Crippen LogP contribution in [0.5, 0.6) is 0 Å². The minimum absolute atomic E-state index is 0.0373. The van der Waals surface area contributed by atoms with Gasteiger partial charge in [-0.1, -0.05) is 6.42 Å². The summed E-state index contributed by atoms with van der Waals surface area (Å²) < 4.78 is 35.3. The van der Waals surface area contributed by atoms with Gasteiger partial charge in [0.05, 0.1) is 0 Å². The molecule has 0 aromatic carbocycles. The predicted molar refractivity (Wildman–Crippen MR) is 57.0 cm³/mol. The van der Waals surface area contributed by atoms with Gasteiger partial charge in [-0.3, -0.25) is 0 Å². The number of hydrogen-bond donors (Lipinski definition) is 2. The highest BCUT2D eigenvalue weighted by atomic mass is 32.2. The van der Waals surface area contributed by atoms with Crippen LogP contribution in [0.25, 0.3) is 0 Å². The summed E-state index contributed by atoms with van der Waals surface area (Å²) in [5, 5.41) is 6.38. The van der Waals surface area contributed by atoms with E-state index >= 15 is 0 Å². The van der Waals surface area contributed by atoms with Crippen LogP contribution >= 0.6 is 11.8 Å². The van der Waals surface area contributed by atoms with E-state index in [1.165, 1.54) is 12.8 Å². The second kappa shape index (κ2) is 6.60. The van der Waals surface area contributed by atoms with Gasteiger partial charge in [0.25, 0.3) is 0 Å². The highest BCUT2D eigenvalue weighted by molar-refractivity contribution is 8.00. The summed E-state index contributed by atoms with van der Waals surface area (Å²) >= 11 is 0.0373. The Kier molecular flexibility index (Phi) is 5.78. The number of piperidine rings is 1. The van der Waals surface area contributed by atoms with E-state index in [4.69, 9.17) is 0 Å². The first-order chi connectivity index (χ1) is 7.08. The summed E-state index contributed by atoms with van der Waals surface area (Å²) in [5.74, 6) is 0.0935. The van der Waals surface area contributed by atoms with Crippen LogP contribution in [0, 0.1) is 0 Å². The highest BCUT2D eigenvalue weighted by Gasteiger charge is 2.27. The van der Waals surface area contributed by atoms with Gasteiger partial charge in [-0.2, -0.15) is 13.2 Å². The Morgan fingerprint density at radius 1 is 1.33 bits per heavy atom. The Balaban J connectivity index is 1.92. The van der Waals surface area contributed by atoms with Crippen molar-refractivity contribution in [2.24, 2.45) is 0 Å². The van der Waals surface area contributed by atoms with Crippen molar-refractivity contribution in [1.82, 2.24) is 10.6 Å². The predicted octanol–water partition coefficient (Wildman–Crippen LogP) is 1.97. The topological polar surface area (TPSA) is 24.1 Å². The molecule has 1 fully saturated rings. The van der Waals surface area contributed by atoms with E-state index in [0.717, 1.165) is 19.5 Å². The number of halogens is 3. The first-order valence-corrected chi connectivity index (χ1v) is 6.21. The third kappa shape index (κ3) is 7.03. The first-order valence-electron chi connectivity index (χ1n) is 5.23. The van der Waals surface area contributed by atoms with Crippen LogP contribution in [-0.4, -0.2) is 36.9 Å². The Labute approximate surface area is 92.4 Å². The van der Waals surface area contributed by atoms with Gasteiger partial charge in [-0.05, 0) is 31.1 Å². The fraction of sp³-hybridized carbons (Fsp3) is 1.00. The SMILES string of the molecule is FC(F)(F)SCCNCC1CCCCN1. The van der Waals surface area contributed by atoms with Gasteiger partial charge in [-0.15, -0.1) is 0 Å². The monoisotopic (exact) mass is 242 g/mol. The van der Waals surface area contributed by atoms with Crippen LogP contribution < -0.4 is 10.6 Å². The van der Waals surface area contributed by atoms with Gasteiger partial charge in [0.2, 0.25) is 0 Å². The lowest BCUT2D eigenvalue weighted by molar-refractivity contribution is -0.0327. The average molecular weight is 242 g/mol. The Hall–Kier alpha value is 0.0600. The molecule has 15 heavy (non-hydrogen) atoms. The molecule has 0 bridgehead atoms. The minimum atomic E-state index is -4.09. The lowest BCUT2D eigenvalue weighted by Crippen LogP contribution is -2.42. The van der Waals surface area contributed by atoms with Crippen LogP contribution in [0.3, 0.4) is 0 Å². The van der Waals surface area contributed by atoms with Gasteiger partial charge in [0.15, 0.2) is 0 Å². The van der Waals surface area contributed by atoms with Gasteiger partial charge in [-0.25, -0.2) is 0 Å². The zero-order valence-corrected chi connectivity index (χ0v) is 9.39. The van der Waals surface area contributed by atoms with Crippen LogP contribution in [0.4, 0.5) is 13.2 Å². The van der Waals surface area contributed by atoms with E-state index in [1.54, 1.807) is 0 Å². The number of hydrogen-bond acceptors (Lipinski definition) is 3. The van der Waals surface area contributed by atoms with Crippen molar-refractivity contribution in [2.45, 2.75) is 30.8 Å². The van der Waals surface area contributed by atoms with Crippen LogP contribution in [0.2, 0.25) is 0 Å². The molecule has 0 amide bonds. The minimum Gasteiger partial charge on any atom is -0.314 e. The summed E-state index contributed by atoms with van der Waals surface area (Å²) in [7, 11) is 0. The normalized spacial score (nSPS) is 23.0. The number of rotatable bonds is 5. The van der Waals surface area contributed by atoms with Crippen molar-refractivity contribution in [3.05, 3.63) is 0 Å². The number of nitrogens with one attached hydrogen (secondary N) is 2. The summed E-state index contributed by atoms with van der Waals surface area (Å²) in [6, 6.07) is 0.439. The fourth-order valence-corrected chi connectivity index (χ4v) is 2.09. The standard InChI is InChI=1S/C9H17F3N2S/c10-9(11,12)15-6-5-13-7-8-3-1-2-4-14-8/h8,13-14H,1-7H2. The summed E-state index contributed by atoms with van der Waals surface area (Å²) in [6.45, 7) is 2.23. The van der Waals surface area contributed by atoms with Crippen molar-refractivity contribution in [3.63, 3.8) is 0 Å². The molecule has 0 aromatic heterocycles. The molecule has 1 aliphatic heterocycles. The quantitative estimate of drug-likeness (QED) is 0.721. The summed E-state index contributed by atoms with van der Waals surface area (Å²) in [6.07, 6.45) is 3.55. The van der Waals surface area contributed by atoms with E-state index in [2.05, 4.69) is 10.6 Å². The molecule has 0 aromatic rings. The molecule has 1 heterocycles. The molecule has 1 atom stereocenters. The molecule has 6 heteroatoms. The van der Waals surface area contributed by atoms with Gasteiger partial charge in [0.1, 0.15) is 0 Å². The van der Waals surface area contributed by atoms with Crippen LogP contribution in [0.15, 0.2) is 0 Å². The molecular formula is C9H17F3N2S. The molecule has 90 valence electrons. The molecule has 1 aliphatic rings. The first kappa shape index (κ1) is 13.1.